The van der Waals surface area contributed by atoms with Crippen LogP contribution in [0.2, 0.25) is 5.02 Å². The average molecular weight is 323 g/mol. The minimum Gasteiger partial charge on any atom is -0.391 e. The fourth-order valence-electron chi connectivity index (χ4n) is 1.85. The quantitative estimate of drug-likeness (QED) is 0.850. The molecule has 0 fully saturated rings. The summed E-state index contributed by atoms with van der Waals surface area (Å²) < 4.78 is 13.8. The van der Waals surface area contributed by atoms with Gasteiger partial charge in [-0.15, -0.1) is 0 Å². The van der Waals surface area contributed by atoms with Gasteiger partial charge >= 0.3 is 0 Å². The number of hydrogen-bond acceptors (Lipinski definition) is 2. The summed E-state index contributed by atoms with van der Waals surface area (Å²) in [6, 6.07) is 12.5. The smallest absolute Gasteiger partial charge is 0.255 e. The van der Waals surface area contributed by atoms with Gasteiger partial charge in [-0.25, -0.2) is 4.39 Å². The van der Waals surface area contributed by atoms with E-state index in [1.807, 2.05) is 6.07 Å². The first-order valence-corrected chi connectivity index (χ1v) is 6.88. The van der Waals surface area contributed by atoms with Crippen LogP contribution >= 0.6 is 23.8 Å². The van der Waals surface area contributed by atoms with E-state index >= 15 is 0 Å². The summed E-state index contributed by atoms with van der Waals surface area (Å²) in [6.45, 7) is 0. The highest BCUT2D eigenvalue weighted by molar-refractivity contribution is 7.80. The molecule has 0 aromatic heterocycles. The first-order valence-electron chi connectivity index (χ1n) is 6.10. The maximum absolute atomic E-state index is 13.8. The molecule has 6 heteroatoms. The summed E-state index contributed by atoms with van der Waals surface area (Å²) in [5.74, 6) is -1.40. The van der Waals surface area contributed by atoms with E-state index in [0.29, 0.717) is 0 Å². The van der Waals surface area contributed by atoms with E-state index in [2.05, 4.69) is 5.32 Å². The van der Waals surface area contributed by atoms with Gasteiger partial charge in [-0.1, -0.05) is 60.2 Å². The van der Waals surface area contributed by atoms with Gasteiger partial charge in [0.1, 0.15) is 11.0 Å². The predicted molar refractivity (Wildman–Crippen MR) is 84.8 cm³/mol. The molecule has 0 aliphatic carbocycles. The van der Waals surface area contributed by atoms with Gasteiger partial charge in [0.15, 0.2) is 5.82 Å². The zero-order valence-corrected chi connectivity index (χ0v) is 12.4. The molecule has 0 aliphatic rings. The maximum Gasteiger partial charge on any atom is 0.255 e. The fraction of sp³-hybridized carbons (Fsp3) is 0.0667. The molecule has 2 rings (SSSR count). The Morgan fingerprint density at radius 1 is 1.19 bits per heavy atom. The third-order valence-corrected chi connectivity index (χ3v) is 3.42. The van der Waals surface area contributed by atoms with Crippen molar-refractivity contribution in [3.63, 3.8) is 0 Å². The zero-order chi connectivity index (χ0) is 15.4. The second kappa shape index (κ2) is 6.65. The average Bonchev–Trinajstić information content (AvgIpc) is 2.48. The number of amides is 1. The number of carbonyl (C=O) groups excluding carboxylic acids is 1. The van der Waals surface area contributed by atoms with Gasteiger partial charge in [-0.2, -0.15) is 0 Å². The molecular formula is C15H12ClFN2OS. The summed E-state index contributed by atoms with van der Waals surface area (Å²) >= 11 is 10.6. The molecule has 0 aliphatic heterocycles. The van der Waals surface area contributed by atoms with Crippen molar-refractivity contribution in [3.8, 4) is 0 Å². The van der Waals surface area contributed by atoms with Crippen LogP contribution in [0.15, 0.2) is 48.5 Å². The van der Waals surface area contributed by atoms with Crippen LogP contribution in [0.5, 0.6) is 0 Å². The van der Waals surface area contributed by atoms with Crippen molar-refractivity contribution in [2.45, 2.75) is 6.04 Å². The summed E-state index contributed by atoms with van der Waals surface area (Å²) in [7, 11) is 0. The molecule has 1 atom stereocenters. The maximum atomic E-state index is 13.8. The van der Waals surface area contributed by atoms with Crippen molar-refractivity contribution in [1.29, 1.82) is 0 Å². The van der Waals surface area contributed by atoms with Crippen molar-refractivity contribution in [3.05, 3.63) is 70.5 Å². The van der Waals surface area contributed by atoms with Crippen LogP contribution in [0.4, 0.5) is 4.39 Å². The zero-order valence-electron chi connectivity index (χ0n) is 10.8. The normalized spacial score (nSPS) is 11.7. The molecule has 3 nitrogen and oxygen atoms in total. The lowest BCUT2D eigenvalue weighted by atomic mass is 10.1. The Kier molecular flexibility index (Phi) is 4.88. The van der Waals surface area contributed by atoms with Crippen molar-refractivity contribution in [1.82, 2.24) is 5.32 Å². The van der Waals surface area contributed by atoms with E-state index in [0.717, 1.165) is 5.56 Å². The third kappa shape index (κ3) is 3.56. The third-order valence-electron chi connectivity index (χ3n) is 2.89. The summed E-state index contributed by atoms with van der Waals surface area (Å²) in [5.41, 5.74) is 6.23. The monoisotopic (exact) mass is 322 g/mol. The van der Waals surface area contributed by atoms with Crippen LogP contribution < -0.4 is 11.1 Å². The molecule has 1 unspecified atom stereocenters. The van der Waals surface area contributed by atoms with E-state index in [1.54, 1.807) is 24.3 Å². The number of carbonyl (C=O) groups is 1. The van der Waals surface area contributed by atoms with Crippen molar-refractivity contribution < 1.29 is 9.18 Å². The van der Waals surface area contributed by atoms with Crippen LogP contribution in [-0.2, 0) is 0 Å². The number of halogens is 2. The molecule has 0 spiro atoms. The van der Waals surface area contributed by atoms with Gasteiger partial charge < -0.3 is 11.1 Å². The molecule has 108 valence electrons. The van der Waals surface area contributed by atoms with Gasteiger partial charge in [0.25, 0.3) is 5.91 Å². The topological polar surface area (TPSA) is 55.1 Å². The Morgan fingerprint density at radius 2 is 1.86 bits per heavy atom. The molecule has 0 heterocycles. The van der Waals surface area contributed by atoms with E-state index in [1.165, 1.54) is 18.2 Å². The summed E-state index contributed by atoms with van der Waals surface area (Å²) in [6.07, 6.45) is 0. The Labute approximate surface area is 131 Å². The highest BCUT2D eigenvalue weighted by atomic mass is 35.5. The van der Waals surface area contributed by atoms with Crippen molar-refractivity contribution in [2.24, 2.45) is 5.73 Å². The Bertz CT molecular complexity index is 679. The summed E-state index contributed by atoms with van der Waals surface area (Å²) in [5, 5.41) is 2.50. The lowest BCUT2D eigenvalue weighted by Crippen LogP contribution is -2.36. The first kappa shape index (κ1) is 15.4. The largest absolute Gasteiger partial charge is 0.391 e. The minimum atomic E-state index is -0.772. The molecule has 21 heavy (non-hydrogen) atoms. The van der Waals surface area contributed by atoms with Crippen LogP contribution in [0.1, 0.15) is 22.0 Å². The molecular weight excluding hydrogens is 311 g/mol. The lowest BCUT2D eigenvalue weighted by Gasteiger charge is -2.18. The Hall–Kier alpha value is -1.98. The molecule has 0 radical (unpaired) electrons. The second-order valence-corrected chi connectivity index (χ2v) is 5.20. The van der Waals surface area contributed by atoms with Crippen LogP contribution in [0, 0.1) is 5.82 Å². The van der Waals surface area contributed by atoms with E-state index in [9.17, 15) is 9.18 Å². The van der Waals surface area contributed by atoms with Gasteiger partial charge in [0.05, 0.1) is 10.6 Å². The van der Waals surface area contributed by atoms with E-state index < -0.39 is 17.8 Å². The van der Waals surface area contributed by atoms with Gasteiger partial charge in [0, 0.05) is 0 Å². The minimum absolute atomic E-state index is 0.0944. The molecule has 0 saturated heterocycles. The van der Waals surface area contributed by atoms with Gasteiger partial charge in [-0.3, -0.25) is 4.79 Å². The highest BCUT2D eigenvalue weighted by Gasteiger charge is 2.20. The van der Waals surface area contributed by atoms with E-state index in [4.69, 9.17) is 29.6 Å². The molecule has 0 bridgehead atoms. The second-order valence-electron chi connectivity index (χ2n) is 4.32. The predicted octanol–water partition coefficient (Wildman–Crippen LogP) is 3.24. The van der Waals surface area contributed by atoms with Gasteiger partial charge in [0.2, 0.25) is 0 Å². The number of rotatable bonds is 4. The van der Waals surface area contributed by atoms with Gasteiger partial charge in [-0.05, 0) is 17.7 Å². The van der Waals surface area contributed by atoms with E-state index in [-0.39, 0.29) is 15.6 Å². The molecule has 3 N–H and O–H groups in total. The summed E-state index contributed by atoms with van der Waals surface area (Å²) in [4.78, 5) is 12.3. The number of nitrogens with two attached hydrogens (primary N) is 1. The lowest BCUT2D eigenvalue weighted by molar-refractivity contribution is 0.0943. The first-order chi connectivity index (χ1) is 10.0. The number of benzene rings is 2. The van der Waals surface area contributed by atoms with Crippen LogP contribution in [0.25, 0.3) is 0 Å². The molecule has 0 saturated carbocycles. The fourth-order valence-corrected chi connectivity index (χ4v) is 2.22. The number of nitrogens with one attached hydrogen (secondary N) is 1. The van der Waals surface area contributed by atoms with Crippen molar-refractivity contribution in [2.75, 3.05) is 0 Å². The van der Waals surface area contributed by atoms with Crippen LogP contribution in [-0.4, -0.2) is 10.9 Å². The molecule has 1 amide bonds. The Balaban J connectivity index is 2.28. The molecule has 2 aromatic rings. The Morgan fingerprint density at radius 3 is 2.48 bits per heavy atom. The SMILES string of the molecule is NC(=S)C(NC(=O)c1cccc(Cl)c1F)c1ccccc1. The molecule has 2 aromatic carbocycles. The standard InChI is InChI=1S/C15H12ClFN2OS/c16-11-8-4-7-10(12(11)17)15(20)19-13(14(18)21)9-5-2-1-3-6-9/h1-8,13H,(H2,18,21)(H,19,20). The highest BCUT2D eigenvalue weighted by Crippen LogP contribution is 2.19. The number of thiocarbonyl (C=S) groups is 1. The van der Waals surface area contributed by atoms with Crippen LogP contribution in [0.3, 0.4) is 0 Å². The number of hydrogen-bond donors (Lipinski definition) is 2. The van der Waals surface area contributed by atoms with Crippen molar-refractivity contribution >= 4 is 34.7 Å².